The number of halogens is 1. The minimum absolute atomic E-state index is 0.480. The Labute approximate surface area is 117 Å². The van der Waals surface area contributed by atoms with E-state index >= 15 is 0 Å². The minimum atomic E-state index is -0.770. The number of aliphatic hydroxyl groups excluding tert-OH is 1. The van der Waals surface area contributed by atoms with Crippen molar-refractivity contribution in [1.29, 1.82) is 0 Å². The summed E-state index contributed by atoms with van der Waals surface area (Å²) in [5.41, 5.74) is 7.76. The van der Waals surface area contributed by atoms with Crippen molar-refractivity contribution in [2.24, 2.45) is 0 Å². The number of hydrogen-bond acceptors (Lipinski definition) is 3. The average molecular weight is 278 g/mol. The number of aliphatic hydroxyl groups is 1. The molecule has 0 aliphatic carbocycles. The second-order valence-corrected chi connectivity index (χ2v) is 4.61. The van der Waals surface area contributed by atoms with E-state index in [9.17, 15) is 5.11 Å². The van der Waals surface area contributed by atoms with E-state index in [1.165, 1.54) is 0 Å². The Hall–Kier alpha value is -1.71. The van der Waals surface area contributed by atoms with E-state index in [1.54, 1.807) is 18.2 Å². The third kappa shape index (κ3) is 3.19. The highest BCUT2D eigenvalue weighted by Gasteiger charge is 2.13. The topological polar surface area (TPSA) is 55.5 Å². The lowest BCUT2D eigenvalue weighted by Crippen LogP contribution is -2.03. The average Bonchev–Trinajstić information content (AvgIpc) is 2.39. The number of hydrogen-bond donors (Lipinski definition) is 2. The second kappa shape index (κ2) is 5.95. The van der Waals surface area contributed by atoms with Crippen molar-refractivity contribution in [2.75, 3.05) is 12.3 Å². The summed E-state index contributed by atoms with van der Waals surface area (Å²) in [6.45, 7) is 2.54. The molecule has 3 nitrogen and oxygen atoms in total. The van der Waals surface area contributed by atoms with Crippen molar-refractivity contribution in [2.45, 2.75) is 13.0 Å². The number of rotatable bonds is 4. The van der Waals surface area contributed by atoms with Crippen LogP contribution in [0.1, 0.15) is 24.2 Å². The highest BCUT2D eigenvalue weighted by molar-refractivity contribution is 6.30. The standard InChI is InChI=1S/C15H16ClNO2/c1-2-19-12-6-3-10(4-7-12)15(18)13-8-5-11(16)9-14(13)17/h3-9,15,18H,2,17H2,1H3. The van der Waals surface area contributed by atoms with Crippen LogP contribution < -0.4 is 10.5 Å². The lowest BCUT2D eigenvalue weighted by atomic mass is 10.00. The predicted molar refractivity (Wildman–Crippen MR) is 77.5 cm³/mol. The van der Waals surface area contributed by atoms with Gasteiger partial charge in [-0.3, -0.25) is 0 Å². The maximum absolute atomic E-state index is 10.3. The maximum atomic E-state index is 10.3. The Morgan fingerprint density at radius 3 is 2.47 bits per heavy atom. The Balaban J connectivity index is 2.25. The molecule has 0 aromatic heterocycles. The Kier molecular flexibility index (Phi) is 4.30. The van der Waals surface area contributed by atoms with Crippen molar-refractivity contribution >= 4 is 17.3 Å². The molecule has 0 spiro atoms. The van der Waals surface area contributed by atoms with Crippen molar-refractivity contribution in [3.8, 4) is 5.75 Å². The van der Waals surface area contributed by atoms with E-state index < -0.39 is 6.10 Å². The first-order valence-electron chi connectivity index (χ1n) is 6.07. The predicted octanol–water partition coefficient (Wildman–Crippen LogP) is 3.40. The summed E-state index contributed by atoms with van der Waals surface area (Å²) in [7, 11) is 0. The van der Waals surface area contributed by atoms with Gasteiger partial charge in [-0.25, -0.2) is 0 Å². The van der Waals surface area contributed by atoms with Gasteiger partial charge in [0.1, 0.15) is 11.9 Å². The van der Waals surface area contributed by atoms with Gasteiger partial charge in [-0.2, -0.15) is 0 Å². The molecule has 2 aromatic rings. The molecule has 1 unspecified atom stereocenters. The molecule has 3 N–H and O–H groups in total. The Morgan fingerprint density at radius 1 is 1.21 bits per heavy atom. The number of nitrogens with two attached hydrogens (primary N) is 1. The summed E-state index contributed by atoms with van der Waals surface area (Å²) in [5.74, 6) is 0.780. The van der Waals surface area contributed by atoms with Crippen molar-refractivity contribution in [3.05, 3.63) is 58.6 Å². The summed E-state index contributed by atoms with van der Waals surface area (Å²) in [6, 6.07) is 12.4. The zero-order chi connectivity index (χ0) is 13.8. The third-order valence-electron chi connectivity index (χ3n) is 2.85. The largest absolute Gasteiger partial charge is 0.494 e. The van der Waals surface area contributed by atoms with E-state index in [1.807, 2.05) is 31.2 Å². The molecule has 0 aliphatic rings. The monoisotopic (exact) mass is 277 g/mol. The van der Waals surface area contributed by atoms with E-state index in [0.717, 1.165) is 11.3 Å². The van der Waals surface area contributed by atoms with E-state index in [4.69, 9.17) is 22.1 Å². The molecular formula is C15H16ClNO2. The summed E-state index contributed by atoms with van der Waals surface area (Å²) < 4.78 is 5.36. The fraction of sp³-hybridized carbons (Fsp3) is 0.200. The molecule has 0 radical (unpaired) electrons. The Bertz CT molecular complexity index is 555. The zero-order valence-electron chi connectivity index (χ0n) is 10.6. The fourth-order valence-electron chi connectivity index (χ4n) is 1.89. The summed E-state index contributed by atoms with van der Waals surface area (Å²) >= 11 is 5.85. The molecular weight excluding hydrogens is 262 g/mol. The molecule has 0 amide bonds. The van der Waals surface area contributed by atoms with Crippen LogP contribution in [0, 0.1) is 0 Å². The van der Waals surface area contributed by atoms with Gasteiger partial charge >= 0.3 is 0 Å². The van der Waals surface area contributed by atoms with Crippen LogP contribution in [-0.2, 0) is 0 Å². The number of anilines is 1. The van der Waals surface area contributed by atoms with E-state index in [2.05, 4.69) is 0 Å². The van der Waals surface area contributed by atoms with Gasteiger partial charge in [0.15, 0.2) is 0 Å². The van der Waals surface area contributed by atoms with Crippen molar-refractivity contribution in [3.63, 3.8) is 0 Å². The molecule has 2 rings (SSSR count). The fourth-order valence-corrected chi connectivity index (χ4v) is 2.07. The quantitative estimate of drug-likeness (QED) is 0.842. The third-order valence-corrected chi connectivity index (χ3v) is 3.09. The van der Waals surface area contributed by atoms with Gasteiger partial charge in [-0.05, 0) is 36.8 Å². The van der Waals surface area contributed by atoms with E-state index in [0.29, 0.717) is 22.9 Å². The van der Waals surface area contributed by atoms with Crippen LogP contribution in [0.4, 0.5) is 5.69 Å². The van der Waals surface area contributed by atoms with Gasteiger partial charge in [0.2, 0.25) is 0 Å². The Morgan fingerprint density at radius 2 is 1.89 bits per heavy atom. The molecule has 0 saturated heterocycles. The molecule has 0 fully saturated rings. The molecule has 100 valence electrons. The first kappa shape index (κ1) is 13.7. The van der Waals surface area contributed by atoms with Crippen LogP contribution in [-0.4, -0.2) is 11.7 Å². The van der Waals surface area contributed by atoms with Crippen LogP contribution in [0.2, 0.25) is 5.02 Å². The summed E-state index contributed by atoms with van der Waals surface area (Å²) in [5, 5.41) is 10.9. The molecule has 0 bridgehead atoms. The normalized spacial score (nSPS) is 12.2. The van der Waals surface area contributed by atoms with Gasteiger partial charge in [-0.1, -0.05) is 29.8 Å². The molecule has 2 aromatic carbocycles. The van der Waals surface area contributed by atoms with Crippen LogP contribution in [0.3, 0.4) is 0 Å². The second-order valence-electron chi connectivity index (χ2n) is 4.18. The van der Waals surface area contributed by atoms with Gasteiger partial charge < -0.3 is 15.6 Å². The highest BCUT2D eigenvalue weighted by Crippen LogP contribution is 2.29. The molecule has 1 atom stereocenters. The number of ether oxygens (including phenoxy) is 1. The van der Waals surface area contributed by atoms with Crippen LogP contribution >= 0.6 is 11.6 Å². The summed E-state index contributed by atoms with van der Waals surface area (Å²) in [6.07, 6.45) is -0.770. The number of nitrogen functional groups attached to an aromatic ring is 1. The van der Waals surface area contributed by atoms with Crippen LogP contribution in [0.15, 0.2) is 42.5 Å². The first-order valence-corrected chi connectivity index (χ1v) is 6.45. The van der Waals surface area contributed by atoms with E-state index in [-0.39, 0.29) is 0 Å². The van der Waals surface area contributed by atoms with Gasteiger partial charge in [0.05, 0.1) is 6.61 Å². The van der Waals surface area contributed by atoms with Crippen LogP contribution in [0.5, 0.6) is 5.75 Å². The SMILES string of the molecule is CCOc1ccc(C(O)c2ccc(Cl)cc2N)cc1. The highest BCUT2D eigenvalue weighted by atomic mass is 35.5. The smallest absolute Gasteiger partial charge is 0.119 e. The van der Waals surface area contributed by atoms with Crippen molar-refractivity contribution < 1.29 is 9.84 Å². The maximum Gasteiger partial charge on any atom is 0.119 e. The molecule has 0 heterocycles. The first-order chi connectivity index (χ1) is 9.11. The van der Waals surface area contributed by atoms with Gasteiger partial charge in [-0.15, -0.1) is 0 Å². The zero-order valence-corrected chi connectivity index (χ0v) is 11.4. The lowest BCUT2D eigenvalue weighted by Gasteiger charge is -2.14. The summed E-state index contributed by atoms with van der Waals surface area (Å²) in [4.78, 5) is 0. The lowest BCUT2D eigenvalue weighted by molar-refractivity contribution is 0.221. The molecule has 4 heteroatoms. The molecule has 19 heavy (non-hydrogen) atoms. The number of benzene rings is 2. The molecule has 0 aliphatic heterocycles. The molecule has 0 saturated carbocycles. The van der Waals surface area contributed by atoms with Crippen LogP contribution in [0.25, 0.3) is 0 Å². The minimum Gasteiger partial charge on any atom is -0.494 e. The van der Waals surface area contributed by atoms with Gasteiger partial charge in [0, 0.05) is 16.3 Å². The van der Waals surface area contributed by atoms with Crippen molar-refractivity contribution in [1.82, 2.24) is 0 Å². The van der Waals surface area contributed by atoms with Gasteiger partial charge in [0.25, 0.3) is 0 Å².